The van der Waals surface area contributed by atoms with Gasteiger partial charge in [-0.25, -0.2) is 19.9 Å². The molecule has 2 aromatic heterocycles. The molecule has 0 saturated heterocycles. The van der Waals surface area contributed by atoms with Crippen LogP contribution in [0, 0.1) is 13.8 Å². The lowest BCUT2D eigenvalue weighted by Crippen LogP contribution is -2.03. The van der Waals surface area contributed by atoms with Crippen molar-refractivity contribution in [3.8, 4) is 56.4 Å². The Labute approximate surface area is 310 Å². The predicted molar refractivity (Wildman–Crippen MR) is 224 cm³/mol. The van der Waals surface area contributed by atoms with Gasteiger partial charge < -0.3 is 0 Å². The fourth-order valence-corrected chi connectivity index (χ4v) is 6.31. The van der Waals surface area contributed by atoms with Gasteiger partial charge >= 0.3 is 0 Å². The molecule has 262 valence electrons. The maximum absolute atomic E-state index is 5.17. The zero-order chi connectivity index (χ0) is 37.0. The molecule has 4 aromatic carbocycles. The topological polar surface area (TPSA) is 51.6 Å². The molecule has 0 saturated carbocycles. The quantitative estimate of drug-likeness (QED) is 0.160. The van der Waals surface area contributed by atoms with Gasteiger partial charge in [-0.15, -0.1) is 0 Å². The summed E-state index contributed by atoms with van der Waals surface area (Å²) < 4.78 is 0. The van der Waals surface area contributed by atoms with Crippen molar-refractivity contribution < 1.29 is 0 Å². The third-order valence-corrected chi connectivity index (χ3v) is 8.90. The van der Waals surface area contributed by atoms with Gasteiger partial charge in [-0.2, -0.15) is 0 Å². The van der Waals surface area contributed by atoms with Gasteiger partial charge in [0.1, 0.15) is 0 Å². The van der Waals surface area contributed by atoms with Crippen LogP contribution in [0.1, 0.15) is 80.6 Å². The molecular formula is C48H50N4. The van der Waals surface area contributed by atoms with E-state index in [0.29, 0.717) is 11.6 Å². The van der Waals surface area contributed by atoms with Gasteiger partial charge in [0.25, 0.3) is 0 Å². The van der Waals surface area contributed by atoms with Crippen LogP contribution < -0.4 is 0 Å². The number of fused-ring (bicyclic) bond motifs is 1. The highest BCUT2D eigenvalue weighted by Gasteiger charge is 2.20. The van der Waals surface area contributed by atoms with E-state index in [-0.39, 0.29) is 0 Å². The van der Waals surface area contributed by atoms with Gasteiger partial charge in [0, 0.05) is 33.6 Å². The molecule has 0 radical (unpaired) electrons. The van der Waals surface area contributed by atoms with Crippen molar-refractivity contribution in [3.05, 3.63) is 150 Å². The lowest BCUT2D eigenvalue weighted by atomic mass is 9.83. The van der Waals surface area contributed by atoms with E-state index >= 15 is 0 Å². The Hall–Kier alpha value is -5.74. The van der Waals surface area contributed by atoms with Crippen LogP contribution >= 0.6 is 0 Å². The van der Waals surface area contributed by atoms with Crippen molar-refractivity contribution in [1.29, 1.82) is 0 Å². The molecule has 0 unspecified atom stereocenters. The molecule has 52 heavy (non-hydrogen) atoms. The van der Waals surface area contributed by atoms with Crippen LogP contribution in [0.4, 0.5) is 0 Å². The average molecular weight is 683 g/mol. The van der Waals surface area contributed by atoms with E-state index in [2.05, 4.69) is 93.8 Å². The van der Waals surface area contributed by atoms with Crippen LogP contribution in [-0.2, 0) is 6.42 Å². The molecule has 0 N–H and O–H groups in total. The van der Waals surface area contributed by atoms with Crippen LogP contribution in [0.15, 0.2) is 116 Å². The molecule has 0 fully saturated rings. The minimum absolute atomic E-state index is 0.636. The normalized spacial score (nSPS) is 11.3. The third kappa shape index (κ3) is 8.58. The lowest BCUT2D eigenvalue weighted by Gasteiger charge is -2.21. The monoisotopic (exact) mass is 682 g/mol. The summed E-state index contributed by atoms with van der Waals surface area (Å²) in [6, 6.07) is 33.3. The molecule has 1 aliphatic carbocycles. The lowest BCUT2D eigenvalue weighted by molar-refractivity contribution is 0.886. The molecule has 0 spiro atoms. The molecule has 2 heterocycles. The van der Waals surface area contributed by atoms with Gasteiger partial charge in [0.15, 0.2) is 11.6 Å². The highest BCUT2D eigenvalue weighted by Crippen LogP contribution is 2.40. The first kappa shape index (κ1) is 37.5. The second-order valence-electron chi connectivity index (χ2n) is 12.6. The van der Waals surface area contributed by atoms with E-state index in [9.17, 15) is 0 Å². The molecule has 4 heteroatoms. The summed E-state index contributed by atoms with van der Waals surface area (Å²) in [5.41, 5.74) is 14.2. The van der Waals surface area contributed by atoms with E-state index in [4.69, 9.17) is 19.9 Å². The van der Waals surface area contributed by atoms with Crippen LogP contribution in [-0.4, -0.2) is 19.9 Å². The average Bonchev–Trinajstić information content (AvgIpc) is 3.20. The predicted octanol–water partition coefficient (Wildman–Crippen LogP) is 13.3. The Morgan fingerprint density at radius 2 is 1.12 bits per heavy atom. The molecule has 0 bridgehead atoms. The summed E-state index contributed by atoms with van der Waals surface area (Å²) in [6.07, 6.45) is 13.0. The fraction of sp³-hybridized carbons (Fsp3) is 0.208. The van der Waals surface area contributed by atoms with Crippen molar-refractivity contribution in [2.45, 2.75) is 67.2 Å². The van der Waals surface area contributed by atoms with Crippen LogP contribution in [0.5, 0.6) is 0 Å². The maximum Gasteiger partial charge on any atom is 0.160 e. The number of rotatable bonds is 8. The Balaban J connectivity index is 0.000000817. The number of hydrogen-bond donors (Lipinski definition) is 0. The Morgan fingerprint density at radius 1 is 0.596 bits per heavy atom. The van der Waals surface area contributed by atoms with E-state index in [1.165, 1.54) is 24.0 Å². The second kappa shape index (κ2) is 18.0. The Morgan fingerprint density at radius 3 is 1.62 bits per heavy atom. The zero-order valence-electron chi connectivity index (χ0n) is 31.6. The third-order valence-electron chi connectivity index (χ3n) is 8.90. The molecule has 4 nitrogen and oxygen atoms in total. The van der Waals surface area contributed by atoms with Crippen LogP contribution in [0.3, 0.4) is 0 Å². The van der Waals surface area contributed by atoms with Crippen LogP contribution in [0.2, 0.25) is 0 Å². The summed E-state index contributed by atoms with van der Waals surface area (Å²) in [5.74, 6) is 1.31. The van der Waals surface area contributed by atoms with Crippen molar-refractivity contribution in [2.24, 2.45) is 0 Å². The smallest absolute Gasteiger partial charge is 0.160 e. The summed E-state index contributed by atoms with van der Waals surface area (Å²) in [5, 5.41) is 0. The number of aromatic nitrogens is 4. The fourth-order valence-electron chi connectivity index (χ4n) is 6.31. The highest BCUT2D eigenvalue weighted by molar-refractivity contribution is 5.91. The van der Waals surface area contributed by atoms with E-state index < -0.39 is 0 Å². The number of allylic oxidation sites excluding steroid dienone is 1. The Bertz CT molecular complexity index is 2100. The molecular weight excluding hydrogens is 633 g/mol. The van der Waals surface area contributed by atoms with Crippen molar-refractivity contribution in [3.63, 3.8) is 0 Å². The number of aryl methyl sites for hydroxylation is 3. The van der Waals surface area contributed by atoms with Gasteiger partial charge in [-0.3, -0.25) is 0 Å². The van der Waals surface area contributed by atoms with Crippen molar-refractivity contribution >= 4 is 18.2 Å². The van der Waals surface area contributed by atoms with Gasteiger partial charge in [0.05, 0.1) is 11.4 Å². The number of nitrogens with zero attached hydrogens (tertiary/aromatic N) is 4. The number of unbranched alkanes of at least 4 members (excludes halogenated alkanes) is 1. The largest absolute Gasteiger partial charge is 0.233 e. The first-order valence-corrected chi connectivity index (χ1v) is 18.5. The molecule has 0 aliphatic heterocycles. The second-order valence-corrected chi connectivity index (χ2v) is 12.6. The molecule has 0 amide bonds. The van der Waals surface area contributed by atoms with Gasteiger partial charge in [-0.1, -0.05) is 145 Å². The number of hydrogen-bond acceptors (Lipinski definition) is 4. The van der Waals surface area contributed by atoms with Crippen molar-refractivity contribution in [2.75, 3.05) is 0 Å². The van der Waals surface area contributed by atoms with Crippen LogP contribution in [0.25, 0.3) is 74.6 Å². The summed E-state index contributed by atoms with van der Waals surface area (Å²) in [6.45, 7) is 20.7. The zero-order valence-corrected chi connectivity index (χ0v) is 31.6. The van der Waals surface area contributed by atoms with E-state index in [0.717, 1.165) is 80.1 Å². The SMILES string of the molecule is C=Cc1cc2c(c(-c3cc(-c4nc(C)cc(C)n4)cc(-c4nc(-c5ccccc5)cc(-c5ccccc5)n4)c3)c1C=C)C=CCC2.CC.CCCC. The first-order valence-electron chi connectivity index (χ1n) is 18.5. The minimum atomic E-state index is 0.636. The molecule has 1 aliphatic rings. The molecule has 6 aromatic rings. The number of benzene rings is 4. The molecule has 0 atom stereocenters. The summed E-state index contributed by atoms with van der Waals surface area (Å²) in [7, 11) is 0. The highest BCUT2D eigenvalue weighted by atomic mass is 14.9. The minimum Gasteiger partial charge on any atom is -0.233 e. The van der Waals surface area contributed by atoms with Gasteiger partial charge in [0.2, 0.25) is 0 Å². The summed E-state index contributed by atoms with van der Waals surface area (Å²) >= 11 is 0. The standard InChI is InChI=1S/C42H34N4.C4H10.C2H6/c1-5-29-22-32-19-13-14-20-37(32)40(36(29)6-2)33-23-34(41-43-27(3)21-28(4)44-41)25-35(24-33)42-45-38(30-15-9-7-10-16-30)26-39(46-42)31-17-11-8-12-18-31;1-3-4-2;1-2/h5-12,14-18,20-26H,1-2,13,19H2,3-4H3;3-4H2,1-2H3;1-2H3. The van der Waals surface area contributed by atoms with Crippen molar-refractivity contribution in [1.82, 2.24) is 19.9 Å². The molecule has 7 rings (SSSR count). The first-order chi connectivity index (χ1) is 25.4. The summed E-state index contributed by atoms with van der Waals surface area (Å²) in [4.78, 5) is 20.1. The van der Waals surface area contributed by atoms with E-state index in [1.807, 2.05) is 82.3 Å². The Kier molecular flexibility index (Phi) is 13.0. The van der Waals surface area contributed by atoms with Gasteiger partial charge in [-0.05, 0) is 90.4 Å². The maximum atomic E-state index is 5.17. The van der Waals surface area contributed by atoms with E-state index in [1.54, 1.807) is 0 Å².